The molecule has 42 heavy (non-hydrogen) atoms. The molecule has 224 valence electrons. The molecule has 2 amide bonds. The van der Waals surface area contributed by atoms with E-state index in [1.165, 1.54) is 13.0 Å². The zero-order valence-electron chi connectivity index (χ0n) is 24.3. The topological polar surface area (TPSA) is 187 Å². The number of phenols is 1. The normalized spacial score (nSPS) is 35.7. The summed E-state index contributed by atoms with van der Waals surface area (Å²) in [6, 6.07) is 10.2. The predicted molar refractivity (Wildman–Crippen MR) is 153 cm³/mol. The minimum Gasteiger partial charge on any atom is -0.507 e. The number of phenolic OH excluding ortho intramolecular Hbond substituents is 1. The summed E-state index contributed by atoms with van der Waals surface area (Å²) in [4.78, 5) is 52.1. The van der Waals surface area contributed by atoms with Crippen molar-refractivity contribution in [1.82, 2.24) is 0 Å². The van der Waals surface area contributed by atoms with E-state index >= 15 is 0 Å². The van der Waals surface area contributed by atoms with Crippen LogP contribution in [0.4, 0.5) is 5.69 Å². The fourth-order valence-corrected chi connectivity index (χ4v) is 8.77. The number of carbonyl (C=O) groups is 4. The average molecular weight is 579 g/mol. The Balaban J connectivity index is 1.71. The van der Waals surface area contributed by atoms with Crippen molar-refractivity contribution in [3.63, 3.8) is 0 Å². The van der Waals surface area contributed by atoms with Gasteiger partial charge in [0, 0.05) is 18.0 Å². The van der Waals surface area contributed by atoms with Crippen molar-refractivity contribution in [1.29, 1.82) is 0 Å². The summed E-state index contributed by atoms with van der Waals surface area (Å²) in [6.45, 7) is 8.43. The van der Waals surface area contributed by atoms with Crippen LogP contribution in [-0.4, -0.2) is 61.6 Å². The molecule has 10 nitrogen and oxygen atoms in total. The van der Waals surface area contributed by atoms with Gasteiger partial charge in [-0.2, -0.15) is 0 Å². The van der Waals surface area contributed by atoms with E-state index in [1.54, 1.807) is 45.0 Å². The Kier molecular flexibility index (Phi) is 6.91. The quantitative estimate of drug-likeness (QED) is 0.298. The van der Waals surface area contributed by atoms with Crippen LogP contribution in [0, 0.1) is 34.5 Å². The zero-order chi connectivity index (χ0) is 31.1. The second-order valence-corrected chi connectivity index (χ2v) is 13.2. The third kappa shape index (κ3) is 3.95. The largest absolute Gasteiger partial charge is 0.507 e. The van der Waals surface area contributed by atoms with Gasteiger partial charge in [0.2, 0.25) is 11.8 Å². The van der Waals surface area contributed by atoms with Gasteiger partial charge < -0.3 is 31.5 Å². The number of nitrogens with two attached hydrogens (primary N) is 1. The van der Waals surface area contributed by atoms with Gasteiger partial charge in [-0.1, -0.05) is 45.9 Å². The van der Waals surface area contributed by atoms with E-state index in [-0.39, 0.29) is 36.0 Å². The van der Waals surface area contributed by atoms with Crippen molar-refractivity contribution in [2.24, 2.45) is 40.2 Å². The Morgan fingerprint density at radius 3 is 2.36 bits per heavy atom. The highest BCUT2D eigenvalue weighted by Gasteiger charge is 2.75. The maximum atomic E-state index is 14.3. The number of primary amides is 1. The van der Waals surface area contributed by atoms with E-state index in [1.807, 2.05) is 13.0 Å². The lowest BCUT2D eigenvalue weighted by Gasteiger charge is -2.66. The van der Waals surface area contributed by atoms with Crippen molar-refractivity contribution in [3.8, 4) is 16.9 Å². The van der Waals surface area contributed by atoms with Crippen LogP contribution >= 0.6 is 0 Å². The van der Waals surface area contributed by atoms with Crippen LogP contribution in [0.5, 0.6) is 5.75 Å². The van der Waals surface area contributed by atoms with Crippen molar-refractivity contribution in [2.75, 3.05) is 5.32 Å². The maximum absolute atomic E-state index is 14.3. The van der Waals surface area contributed by atoms with E-state index < -0.39 is 63.9 Å². The third-order valence-corrected chi connectivity index (χ3v) is 10.2. The smallest absolute Gasteiger partial charge is 0.230 e. The van der Waals surface area contributed by atoms with Gasteiger partial charge >= 0.3 is 0 Å². The number of hydrogen-bond donors (Lipinski definition) is 6. The van der Waals surface area contributed by atoms with E-state index in [2.05, 4.69) is 5.32 Å². The fourth-order valence-electron chi connectivity index (χ4n) is 8.77. The second-order valence-electron chi connectivity index (χ2n) is 13.2. The summed E-state index contributed by atoms with van der Waals surface area (Å²) in [5.74, 6) is -7.58. The number of hydrogen-bond acceptors (Lipinski definition) is 8. The molecule has 0 bridgehead atoms. The SMILES string of the molecule is CC(=O)Nc1cccc(-c2ccc(O)c3c2C[C@]2(C)C[C@]4(C)[C@@H](C(C)C)C(O)[C@@H](C(N)=O)C(=O)[C@]4(O)C(O)[C@H]2C3=O)c1. The third-order valence-electron chi connectivity index (χ3n) is 10.2. The summed E-state index contributed by atoms with van der Waals surface area (Å²) in [5, 5.41) is 49.1. The summed E-state index contributed by atoms with van der Waals surface area (Å²) in [5.41, 5.74) is 2.93. The predicted octanol–water partition coefficient (Wildman–Crippen LogP) is 2.20. The van der Waals surface area contributed by atoms with Gasteiger partial charge in [0.15, 0.2) is 17.2 Å². The number of Topliss-reactive ketones (excluding diaryl/α,β-unsaturated/α-hetero) is 2. The van der Waals surface area contributed by atoms with Crippen LogP contribution in [0.3, 0.4) is 0 Å². The molecule has 7 N–H and O–H groups in total. The Hall–Kier alpha value is -3.60. The van der Waals surface area contributed by atoms with Crippen LogP contribution < -0.4 is 11.1 Å². The highest BCUT2D eigenvalue weighted by Crippen LogP contribution is 2.66. The van der Waals surface area contributed by atoms with Crippen LogP contribution in [0.2, 0.25) is 0 Å². The van der Waals surface area contributed by atoms with Crippen LogP contribution in [-0.2, 0) is 20.8 Å². The molecule has 3 aliphatic rings. The lowest BCUT2D eigenvalue weighted by Crippen LogP contribution is -2.79. The molecule has 10 heteroatoms. The molecular weight excluding hydrogens is 540 g/mol. The van der Waals surface area contributed by atoms with Gasteiger partial charge in [0.1, 0.15) is 17.8 Å². The van der Waals surface area contributed by atoms with Gasteiger partial charge in [-0.25, -0.2) is 0 Å². The van der Waals surface area contributed by atoms with Crippen molar-refractivity contribution in [2.45, 2.75) is 65.3 Å². The number of carbonyl (C=O) groups excluding carboxylic acids is 4. The molecule has 3 aliphatic carbocycles. The van der Waals surface area contributed by atoms with Crippen molar-refractivity contribution in [3.05, 3.63) is 47.5 Å². The first-order valence-corrected chi connectivity index (χ1v) is 14.2. The molecule has 0 spiro atoms. The summed E-state index contributed by atoms with van der Waals surface area (Å²) < 4.78 is 0. The van der Waals surface area contributed by atoms with Crippen LogP contribution in [0.25, 0.3) is 11.1 Å². The minimum atomic E-state index is -2.56. The Bertz CT molecular complexity index is 1520. The number of fused-ring (bicyclic) bond motifs is 3. The molecule has 8 atom stereocenters. The lowest BCUT2D eigenvalue weighted by atomic mass is 9.39. The zero-order valence-corrected chi connectivity index (χ0v) is 24.3. The van der Waals surface area contributed by atoms with Crippen LogP contribution in [0.1, 0.15) is 57.0 Å². The number of ketones is 2. The van der Waals surface area contributed by atoms with Crippen LogP contribution in [0.15, 0.2) is 36.4 Å². The number of aliphatic hydroxyl groups excluding tert-OH is 2. The Labute approximate surface area is 243 Å². The summed E-state index contributed by atoms with van der Waals surface area (Å²) in [6.07, 6.45) is -3.17. The van der Waals surface area contributed by atoms with Crippen molar-refractivity contribution >= 4 is 29.1 Å². The fraction of sp³-hybridized carbons (Fsp3) is 0.500. The van der Waals surface area contributed by atoms with E-state index in [0.717, 1.165) is 0 Å². The second kappa shape index (κ2) is 9.72. The van der Waals surface area contributed by atoms with Gasteiger partial charge in [0.05, 0.1) is 17.6 Å². The number of aliphatic hydroxyl groups is 3. The van der Waals surface area contributed by atoms with Gasteiger partial charge in [-0.15, -0.1) is 0 Å². The lowest BCUT2D eigenvalue weighted by molar-refractivity contribution is -0.265. The van der Waals surface area contributed by atoms with Gasteiger partial charge in [0.25, 0.3) is 0 Å². The molecule has 0 aromatic heterocycles. The van der Waals surface area contributed by atoms with E-state index in [0.29, 0.717) is 22.4 Å². The first-order valence-electron chi connectivity index (χ1n) is 14.2. The molecule has 0 radical (unpaired) electrons. The molecule has 2 saturated carbocycles. The molecule has 0 heterocycles. The minimum absolute atomic E-state index is 0.0127. The molecule has 2 aromatic rings. The Morgan fingerprint density at radius 2 is 1.76 bits per heavy atom. The molecule has 5 rings (SSSR count). The first kappa shape index (κ1) is 29.9. The Morgan fingerprint density at radius 1 is 1.10 bits per heavy atom. The number of aromatic hydroxyl groups is 1. The maximum Gasteiger partial charge on any atom is 0.230 e. The number of amides is 2. The summed E-state index contributed by atoms with van der Waals surface area (Å²) >= 11 is 0. The van der Waals surface area contributed by atoms with E-state index in [9.17, 15) is 39.6 Å². The van der Waals surface area contributed by atoms with Crippen molar-refractivity contribution < 1.29 is 39.6 Å². The molecular formula is C32H38N2O8. The molecule has 0 aliphatic heterocycles. The standard InChI is InChI=1S/C32H38N2O8/c1-14(2)23-26(38)22(29(33)41)27(39)32(42)28(40)24-25(37)21-19(12-30(24,4)13-31(23,32)5)18(9-10-20(21)36)16-7-6-8-17(11-16)34-15(3)35/h6-11,14,22-24,26,28,36,38,40,42H,12-13H2,1-5H3,(H2,33,41)(H,34,35)/t22-,23+,24-,26?,28?,30-,31-,32+/m1/s1. The highest BCUT2D eigenvalue weighted by atomic mass is 16.4. The monoisotopic (exact) mass is 578 g/mol. The summed E-state index contributed by atoms with van der Waals surface area (Å²) in [7, 11) is 0. The van der Waals surface area contributed by atoms with Gasteiger partial charge in [-0.3, -0.25) is 19.2 Å². The first-order chi connectivity index (χ1) is 19.5. The number of benzene rings is 2. The number of rotatable bonds is 4. The molecule has 2 unspecified atom stereocenters. The molecule has 2 fully saturated rings. The number of anilines is 1. The average Bonchev–Trinajstić information content (AvgIpc) is 2.85. The molecule has 0 saturated heterocycles. The van der Waals surface area contributed by atoms with E-state index in [4.69, 9.17) is 5.73 Å². The molecule has 2 aromatic carbocycles. The van der Waals surface area contributed by atoms with Gasteiger partial charge in [-0.05, 0) is 65.0 Å². The highest BCUT2D eigenvalue weighted by molar-refractivity contribution is 6.09. The number of nitrogens with one attached hydrogen (secondary N) is 1.